The zero-order valence-electron chi connectivity index (χ0n) is 18.8. The summed E-state index contributed by atoms with van der Waals surface area (Å²) in [6, 6.07) is 13.6. The van der Waals surface area contributed by atoms with Crippen molar-refractivity contribution in [2.75, 3.05) is 43.5 Å². The monoisotopic (exact) mass is 480 g/mol. The molecule has 1 N–H and O–H groups in total. The number of piperazine rings is 1. The first-order valence-electron chi connectivity index (χ1n) is 11.3. The van der Waals surface area contributed by atoms with Crippen LogP contribution in [-0.2, 0) is 11.2 Å². The minimum Gasteiger partial charge on any atom is -0.497 e. The van der Waals surface area contributed by atoms with Crippen LogP contribution in [0.15, 0.2) is 48.5 Å². The molecule has 1 atom stereocenters. The van der Waals surface area contributed by atoms with Crippen molar-refractivity contribution in [1.29, 1.82) is 0 Å². The molecule has 0 bridgehead atoms. The molecule has 2 aromatic carbocycles. The fraction of sp³-hybridized carbons (Fsp3) is 0.320. The van der Waals surface area contributed by atoms with Gasteiger partial charge in [-0.2, -0.15) is 0 Å². The van der Waals surface area contributed by atoms with Crippen LogP contribution in [0.25, 0.3) is 0 Å². The SMILES string of the molecule is COc1ccc(C(=O)Nc2nc3c(s2)CCC3C(=O)N2CCN(c3ccccc3F)CC2)cc1. The number of anilines is 2. The van der Waals surface area contributed by atoms with E-state index in [9.17, 15) is 14.0 Å². The maximum Gasteiger partial charge on any atom is 0.257 e. The van der Waals surface area contributed by atoms with Crippen molar-refractivity contribution >= 4 is 34.0 Å². The number of carbonyl (C=O) groups excluding carboxylic acids is 2. The lowest BCUT2D eigenvalue weighted by Crippen LogP contribution is -2.50. The van der Waals surface area contributed by atoms with E-state index in [1.165, 1.54) is 17.4 Å². The van der Waals surface area contributed by atoms with Gasteiger partial charge < -0.3 is 14.5 Å². The molecule has 0 saturated carbocycles. The fourth-order valence-electron chi connectivity index (χ4n) is 4.53. The van der Waals surface area contributed by atoms with Gasteiger partial charge in [0.2, 0.25) is 5.91 Å². The number of ether oxygens (including phenoxy) is 1. The lowest BCUT2D eigenvalue weighted by Gasteiger charge is -2.37. The highest BCUT2D eigenvalue weighted by atomic mass is 32.1. The molecule has 3 aromatic rings. The van der Waals surface area contributed by atoms with Crippen molar-refractivity contribution in [3.63, 3.8) is 0 Å². The first-order chi connectivity index (χ1) is 16.5. The van der Waals surface area contributed by atoms with Gasteiger partial charge in [-0.25, -0.2) is 9.37 Å². The number of nitrogens with zero attached hydrogens (tertiary/aromatic N) is 3. The van der Waals surface area contributed by atoms with Gasteiger partial charge in [-0.1, -0.05) is 12.1 Å². The predicted octanol–water partition coefficient (Wildman–Crippen LogP) is 3.92. The molecule has 7 nitrogen and oxygen atoms in total. The number of halogens is 1. The van der Waals surface area contributed by atoms with Crippen LogP contribution < -0.4 is 15.0 Å². The first kappa shape index (κ1) is 22.3. The Balaban J connectivity index is 1.22. The van der Waals surface area contributed by atoms with E-state index in [0.717, 1.165) is 23.4 Å². The van der Waals surface area contributed by atoms with E-state index in [1.54, 1.807) is 43.5 Å². The third-order valence-electron chi connectivity index (χ3n) is 6.37. The number of fused-ring (bicyclic) bond motifs is 1. The highest BCUT2D eigenvalue weighted by Crippen LogP contribution is 2.39. The topological polar surface area (TPSA) is 74.8 Å². The Morgan fingerprint density at radius 1 is 1.09 bits per heavy atom. The van der Waals surface area contributed by atoms with Gasteiger partial charge in [-0.3, -0.25) is 14.9 Å². The molecular formula is C25H25FN4O3S. The van der Waals surface area contributed by atoms with Crippen molar-refractivity contribution in [2.45, 2.75) is 18.8 Å². The maximum atomic E-state index is 14.1. The van der Waals surface area contributed by atoms with Crippen LogP contribution >= 0.6 is 11.3 Å². The molecule has 34 heavy (non-hydrogen) atoms. The highest BCUT2D eigenvalue weighted by Gasteiger charge is 2.36. The molecule has 176 valence electrons. The molecule has 5 rings (SSSR count). The third-order valence-corrected chi connectivity index (χ3v) is 7.42. The Kier molecular flexibility index (Phi) is 6.19. The van der Waals surface area contributed by atoms with Crippen LogP contribution in [0.5, 0.6) is 5.75 Å². The second-order valence-electron chi connectivity index (χ2n) is 8.37. The molecule has 1 unspecified atom stereocenters. The summed E-state index contributed by atoms with van der Waals surface area (Å²) in [4.78, 5) is 35.4. The van der Waals surface area contributed by atoms with Crippen LogP contribution in [0.2, 0.25) is 0 Å². The predicted molar refractivity (Wildman–Crippen MR) is 129 cm³/mol. The number of para-hydroxylation sites is 1. The Bertz CT molecular complexity index is 1210. The van der Waals surface area contributed by atoms with Crippen LogP contribution in [0.4, 0.5) is 15.2 Å². The number of aromatic nitrogens is 1. The minimum atomic E-state index is -0.294. The minimum absolute atomic E-state index is 0.0604. The van der Waals surface area contributed by atoms with Crippen LogP contribution in [-0.4, -0.2) is 55.0 Å². The van der Waals surface area contributed by atoms with Gasteiger partial charge in [0.25, 0.3) is 5.91 Å². The normalized spacial score (nSPS) is 17.4. The average molecular weight is 481 g/mol. The molecule has 1 aliphatic carbocycles. The second-order valence-corrected chi connectivity index (χ2v) is 9.45. The Morgan fingerprint density at radius 3 is 2.53 bits per heavy atom. The summed E-state index contributed by atoms with van der Waals surface area (Å²) in [6.07, 6.45) is 1.50. The smallest absolute Gasteiger partial charge is 0.257 e. The first-order valence-corrected chi connectivity index (χ1v) is 12.1. The van der Waals surface area contributed by atoms with Gasteiger partial charge in [0.1, 0.15) is 11.6 Å². The van der Waals surface area contributed by atoms with E-state index in [0.29, 0.717) is 48.3 Å². The van der Waals surface area contributed by atoms with E-state index in [2.05, 4.69) is 10.3 Å². The maximum absolute atomic E-state index is 14.1. The van der Waals surface area contributed by atoms with E-state index in [1.807, 2.05) is 15.9 Å². The standard InChI is InChI=1S/C25H25FN4O3S/c1-33-17-8-6-16(7-9-17)23(31)28-25-27-22-18(10-11-21(22)34-25)24(32)30-14-12-29(13-15-30)20-5-3-2-4-19(20)26/h2-9,18H,10-15H2,1H3,(H,27,28,31). The third kappa shape index (κ3) is 4.35. The van der Waals surface area contributed by atoms with Crippen LogP contribution in [0.1, 0.15) is 33.3 Å². The highest BCUT2D eigenvalue weighted by molar-refractivity contribution is 7.16. The molecular weight excluding hydrogens is 455 g/mol. The van der Waals surface area contributed by atoms with E-state index in [4.69, 9.17) is 4.74 Å². The summed E-state index contributed by atoms with van der Waals surface area (Å²) in [7, 11) is 1.58. The van der Waals surface area contributed by atoms with Crippen molar-refractivity contribution in [3.05, 3.63) is 70.5 Å². The van der Waals surface area contributed by atoms with Crippen molar-refractivity contribution in [1.82, 2.24) is 9.88 Å². The molecule has 2 aliphatic rings. The van der Waals surface area contributed by atoms with Gasteiger partial charge >= 0.3 is 0 Å². The van der Waals surface area contributed by atoms with Gasteiger partial charge in [0.15, 0.2) is 5.13 Å². The lowest BCUT2D eigenvalue weighted by molar-refractivity contribution is -0.133. The van der Waals surface area contributed by atoms with E-state index in [-0.39, 0.29) is 23.5 Å². The molecule has 0 spiro atoms. The molecule has 1 aliphatic heterocycles. The summed E-state index contributed by atoms with van der Waals surface area (Å²) in [6.45, 7) is 2.27. The van der Waals surface area contributed by atoms with Gasteiger partial charge in [-0.15, -0.1) is 11.3 Å². The van der Waals surface area contributed by atoms with Gasteiger partial charge in [0, 0.05) is 36.6 Å². The number of hydrogen-bond donors (Lipinski definition) is 1. The Morgan fingerprint density at radius 2 is 1.82 bits per heavy atom. The van der Waals surface area contributed by atoms with Crippen LogP contribution in [0, 0.1) is 5.82 Å². The zero-order chi connectivity index (χ0) is 23.7. The number of nitrogens with one attached hydrogen (secondary N) is 1. The number of rotatable bonds is 5. The van der Waals surface area contributed by atoms with E-state index >= 15 is 0 Å². The van der Waals surface area contributed by atoms with Crippen molar-refractivity contribution < 1.29 is 18.7 Å². The summed E-state index contributed by atoms with van der Waals surface area (Å²) in [5, 5.41) is 3.36. The molecule has 1 aromatic heterocycles. The fourth-order valence-corrected chi connectivity index (χ4v) is 5.56. The number of thiazole rings is 1. The van der Waals surface area contributed by atoms with Crippen LogP contribution in [0.3, 0.4) is 0 Å². The summed E-state index contributed by atoms with van der Waals surface area (Å²) >= 11 is 1.43. The second kappa shape index (κ2) is 9.42. The quantitative estimate of drug-likeness (QED) is 0.599. The Hall–Kier alpha value is -3.46. The average Bonchev–Trinajstić information content (AvgIpc) is 3.44. The molecule has 2 heterocycles. The number of aryl methyl sites for hydroxylation is 1. The summed E-state index contributed by atoms with van der Waals surface area (Å²) in [5.41, 5.74) is 1.86. The summed E-state index contributed by atoms with van der Waals surface area (Å²) < 4.78 is 19.2. The molecule has 2 amide bonds. The molecule has 0 radical (unpaired) electrons. The Labute approximate surface area is 201 Å². The molecule has 1 saturated heterocycles. The zero-order valence-corrected chi connectivity index (χ0v) is 19.6. The number of amides is 2. The molecule has 9 heteroatoms. The number of hydrogen-bond acceptors (Lipinski definition) is 6. The largest absolute Gasteiger partial charge is 0.497 e. The number of benzene rings is 2. The summed E-state index contributed by atoms with van der Waals surface area (Å²) in [5.74, 6) is -0.0411. The van der Waals surface area contributed by atoms with Crippen molar-refractivity contribution in [3.8, 4) is 5.75 Å². The number of methoxy groups -OCH3 is 1. The number of carbonyl (C=O) groups is 2. The van der Waals surface area contributed by atoms with Gasteiger partial charge in [0.05, 0.1) is 24.4 Å². The van der Waals surface area contributed by atoms with Crippen molar-refractivity contribution in [2.24, 2.45) is 0 Å². The van der Waals surface area contributed by atoms with E-state index < -0.39 is 0 Å². The van der Waals surface area contributed by atoms with Gasteiger partial charge in [-0.05, 0) is 49.2 Å². The lowest BCUT2D eigenvalue weighted by atomic mass is 10.1. The molecule has 1 fully saturated rings.